The summed E-state index contributed by atoms with van der Waals surface area (Å²) in [4.78, 5) is 12.1. The largest absolute Gasteiger partial charge is 0.353 e. The SMILES string of the molecule is CC(C)CS(=O)(=O)CCC(=O)N[C@@H]1C[C@H]2C[C@H]1[C@@H]1CCC[C@H]21. The van der Waals surface area contributed by atoms with Crippen LogP contribution in [0.25, 0.3) is 0 Å². The van der Waals surface area contributed by atoms with E-state index in [0.717, 1.165) is 24.2 Å². The molecule has 0 aromatic carbocycles. The van der Waals surface area contributed by atoms with E-state index >= 15 is 0 Å². The number of carbonyl (C=O) groups is 1. The van der Waals surface area contributed by atoms with E-state index in [-0.39, 0.29) is 29.8 Å². The van der Waals surface area contributed by atoms with E-state index < -0.39 is 9.84 Å². The van der Waals surface area contributed by atoms with Gasteiger partial charge in [-0.15, -0.1) is 0 Å². The molecule has 5 atom stereocenters. The standard InChI is InChI=1S/C17H29NO3S/c1-11(2)10-22(20,21)7-6-17(19)18-16-9-12-8-15(16)14-5-3-4-13(12)14/h11-16H,3-10H2,1-2H3,(H,18,19)/t12-,13-,14-,15+,16-/m1/s1. The molecule has 1 amide bonds. The third kappa shape index (κ3) is 3.34. The first kappa shape index (κ1) is 16.3. The number of hydrogen-bond donors (Lipinski definition) is 1. The van der Waals surface area contributed by atoms with Crippen LogP contribution in [0.1, 0.15) is 52.4 Å². The normalized spacial score (nSPS) is 36.8. The molecule has 2 bridgehead atoms. The third-order valence-corrected chi connectivity index (χ3v) is 8.00. The highest BCUT2D eigenvalue weighted by Gasteiger charge is 2.53. The van der Waals surface area contributed by atoms with Crippen LogP contribution in [-0.2, 0) is 14.6 Å². The zero-order valence-electron chi connectivity index (χ0n) is 13.8. The first-order valence-electron chi connectivity index (χ1n) is 8.85. The van der Waals surface area contributed by atoms with Gasteiger partial charge >= 0.3 is 0 Å². The second kappa shape index (κ2) is 6.14. The quantitative estimate of drug-likeness (QED) is 0.815. The summed E-state index contributed by atoms with van der Waals surface area (Å²) in [5.74, 6) is 3.44. The summed E-state index contributed by atoms with van der Waals surface area (Å²) >= 11 is 0. The van der Waals surface area contributed by atoms with Gasteiger partial charge in [0.25, 0.3) is 0 Å². The first-order chi connectivity index (χ1) is 10.4. The Morgan fingerprint density at radius 3 is 2.59 bits per heavy atom. The lowest BCUT2D eigenvalue weighted by atomic mass is 9.79. The Bertz CT molecular complexity index is 528. The van der Waals surface area contributed by atoms with E-state index in [1.54, 1.807) is 0 Å². The molecule has 3 aliphatic rings. The van der Waals surface area contributed by atoms with E-state index in [1.807, 2.05) is 13.8 Å². The van der Waals surface area contributed by atoms with E-state index in [2.05, 4.69) is 5.32 Å². The fourth-order valence-corrected chi connectivity index (χ4v) is 7.03. The molecular formula is C17H29NO3S. The van der Waals surface area contributed by atoms with Crippen LogP contribution >= 0.6 is 0 Å². The summed E-state index contributed by atoms with van der Waals surface area (Å²) in [6, 6.07) is 0.310. The van der Waals surface area contributed by atoms with Crippen molar-refractivity contribution in [2.75, 3.05) is 11.5 Å². The van der Waals surface area contributed by atoms with Crippen LogP contribution in [-0.4, -0.2) is 31.9 Å². The highest BCUT2D eigenvalue weighted by atomic mass is 32.2. The van der Waals surface area contributed by atoms with Gasteiger partial charge in [-0.3, -0.25) is 4.79 Å². The molecule has 0 aliphatic heterocycles. The molecule has 0 radical (unpaired) electrons. The van der Waals surface area contributed by atoms with Gasteiger partial charge in [-0.1, -0.05) is 20.3 Å². The van der Waals surface area contributed by atoms with Gasteiger partial charge in [0.15, 0.2) is 9.84 Å². The van der Waals surface area contributed by atoms with Gasteiger partial charge in [0.2, 0.25) is 5.91 Å². The molecule has 3 fully saturated rings. The van der Waals surface area contributed by atoms with Gasteiger partial charge in [0.1, 0.15) is 0 Å². The van der Waals surface area contributed by atoms with Crippen LogP contribution in [0, 0.1) is 29.6 Å². The molecular weight excluding hydrogens is 298 g/mol. The Morgan fingerprint density at radius 1 is 1.14 bits per heavy atom. The number of rotatable bonds is 6. The average Bonchev–Trinajstić information content (AvgIpc) is 3.06. The topological polar surface area (TPSA) is 63.2 Å². The molecule has 22 heavy (non-hydrogen) atoms. The summed E-state index contributed by atoms with van der Waals surface area (Å²) < 4.78 is 23.8. The van der Waals surface area contributed by atoms with Crippen molar-refractivity contribution in [3.63, 3.8) is 0 Å². The van der Waals surface area contributed by atoms with E-state index in [4.69, 9.17) is 0 Å². The minimum Gasteiger partial charge on any atom is -0.353 e. The molecule has 3 aliphatic carbocycles. The Labute approximate surface area is 134 Å². The van der Waals surface area contributed by atoms with Crippen molar-refractivity contribution < 1.29 is 13.2 Å². The number of carbonyl (C=O) groups excluding carboxylic acids is 1. The van der Waals surface area contributed by atoms with Crippen molar-refractivity contribution in [1.82, 2.24) is 5.32 Å². The second-order valence-electron chi connectivity index (χ2n) is 8.09. The monoisotopic (exact) mass is 327 g/mol. The van der Waals surface area contributed by atoms with Crippen LogP contribution in [0.5, 0.6) is 0 Å². The Morgan fingerprint density at radius 2 is 1.86 bits per heavy atom. The van der Waals surface area contributed by atoms with Gasteiger partial charge in [-0.25, -0.2) is 8.42 Å². The second-order valence-corrected chi connectivity index (χ2v) is 10.3. The van der Waals surface area contributed by atoms with Crippen LogP contribution in [0.2, 0.25) is 0 Å². The average molecular weight is 327 g/mol. The molecule has 5 heteroatoms. The lowest BCUT2D eigenvalue weighted by Crippen LogP contribution is -2.43. The van der Waals surface area contributed by atoms with Gasteiger partial charge in [-0.05, 0) is 55.3 Å². The zero-order chi connectivity index (χ0) is 15.9. The van der Waals surface area contributed by atoms with Crippen molar-refractivity contribution in [3.8, 4) is 0 Å². The van der Waals surface area contributed by atoms with Crippen LogP contribution in [0.3, 0.4) is 0 Å². The molecule has 0 spiro atoms. The maximum Gasteiger partial charge on any atom is 0.221 e. The minimum absolute atomic E-state index is 0.0100. The molecule has 3 saturated carbocycles. The predicted molar refractivity (Wildman–Crippen MR) is 87.1 cm³/mol. The minimum atomic E-state index is -3.09. The predicted octanol–water partition coefficient (Wildman–Crippen LogP) is 2.39. The molecule has 0 unspecified atom stereocenters. The summed E-state index contributed by atoms with van der Waals surface area (Å²) in [6.45, 7) is 3.79. The number of fused-ring (bicyclic) bond motifs is 5. The fraction of sp³-hybridized carbons (Fsp3) is 0.941. The van der Waals surface area contributed by atoms with Crippen LogP contribution in [0.4, 0.5) is 0 Å². The number of sulfone groups is 1. The molecule has 3 rings (SSSR count). The maximum atomic E-state index is 12.1. The van der Waals surface area contributed by atoms with Crippen molar-refractivity contribution >= 4 is 15.7 Å². The first-order valence-corrected chi connectivity index (χ1v) is 10.7. The molecule has 0 aromatic rings. The van der Waals surface area contributed by atoms with Gasteiger partial charge in [0.05, 0.1) is 11.5 Å². The zero-order valence-corrected chi connectivity index (χ0v) is 14.6. The third-order valence-electron chi connectivity index (χ3n) is 6.00. The molecule has 0 aromatic heterocycles. The molecule has 0 heterocycles. The smallest absolute Gasteiger partial charge is 0.221 e. The highest BCUT2D eigenvalue weighted by molar-refractivity contribution is 7.91. The van der Waals surface area contributed by atoms with Crippen LogP contribution in [0.15, 0.2) is 0 Å². The molecule has 126 valence electrons. The van der Waals surface area contributed by atoms with Crippen molar-refractivity contribution in [1.29, 1.82) is 0 Å². The summed E-state index contributed by atoms with van der Waals surface area (Å²) in [5.41, 5.74) is 0. The van der Waals surface area contributed by atoms with Gasteiger partial charge < -0.3 is 5.32 Å². The lowest BCUT2D eigenvalue weighted by molar-refractivity contribution is -0.121. The molecule has 1 N–H and O–H groups in total. The van der Waals surface area contributed by atoms with Crippen LogP contribution < -0.4 is 5.32 Å². The number of hydrogen-bond acceptors (Lipinski definition) is 3. The maximum absolute atomic E-state index is 12.1. The van der Waals surface area contributed by atoms with E-state index in [0.29, 0.717) is 12.0 Å². The lowest BCUT2D eigenvalue weighted by Gasteiger charge is -2.32. The van der Waals surface area contributed by atoms with Gasteiger partial charge in [-0.2, -0.15) is 0 Å². The van der Waals surface area contributed by atoms with Gasteiger partial charge in [0, 0.05) is 12.5 Å². The van der Waals surface area contributed by atoms with E-state index in [9.17, 15) is 13.2 Å². The number of nitrogens with one attached hydrogen (secondary N) is 1. The number of amides is 1. The summed E-state index contributed by atoms with van der Waals surface area (Å²) in [6.07, 6.45) is 6.61. The summed E-state index contributed by atoms with van der Waals surface area (Å²) in [7, 11) is -3.09. The van der Waals surface area contributed by atoms with Crippen molar-refractivity contribution in [2.45, 2.75) is 58.4 Å². The van der Waals surface area contributed by atoms with E-state index in [1.165, 1.54) is 25.7 Å². The highest BCUT2D eigenvalue weighted by Crippen LogP contribution is 2.58. The molecule has 0 saturated heterocycles. The Balaban J connectivity index is 1.47. The fourth-order valence-electron chi connectivity index (χ4n) is 5.35. The Kier molecular flexibility index (Phi) is 4.54. The van der Waals surface area contributed by atoms with Crippen molar-refractivity contribution in [3.05, 3.63) is 0 Å². The Hall–Kier alpha value is -0.580. The van der Waals surface area contributed by atoms with Crippen molar-refractivity contribution in [2.24, 2.45) is 29.6 Å². The molecule has 4 nitrogen and oxygen atoms in total. The summed E-state index contributed by atoms with van der Waals surface area (Å²) in [5, 5.41) is 3.15.